The highest BCUT2D eigenvalue weighted by Gasteiger charge is 2.13. The molecular formula is C12H10BrClN2O2S. The molecule has 0 aliphatic carbocycles. The summed E-state index contributed by atoms with van der Waals surface area (Å²) in [6.07, 6.45) is 0. The first kappa shape index (κ1) is 14.5. The van der Waals surface area contributed by atoms with Crippen molar-refractivity contribution in [3.05, 3.63) is 59.7 Å². The van der Waals surface area contributed by atoms with Crippen LogP contribution >= 0.6 is 38.9 Å². The molecule has 0 unspecified atom stereocenters. The molecule has 7 heteroatoms. The van der Waals surface area contributed by atoms with Gasteiger partial charge in [-0.2, -0.15) is 0 Å². The Kier molecular flexibility index (Phi) is 4.93. The van der Waals surface area contributed by atoms with Gasteiger partial charge in [0.15, 0.2) is 0 Å². The van der Waals surface area contributed by atoms with E-state index in [0.717, 1.165) is 3.79 Å². The van der Waals surface area contributed by atoms with E-state index in [-0.39, 0.29) is 5.69 Å². The number of benzene rings is 1. The molecule has 4 nitrogen and oxygen atoms in total. The Bertz CT molecular complexity index is 603. The largest absolute Gasteiger partial charge is 0.308 e. The second kappa shape index (κ2) is 6.47. The lowest BCUT2D eigenvalue weighted by atomic mass is 10.2. The van der Waals surface area contributed by atoms with E-state index < -0.39 is 4.92 Å². The van der Waals surface area contributed by atoms with Crippen molar-refractivity contribution in [1.29, 1.82) is 0 Å². The molecule has 1 aromatic carbocycles. The van der Waals surface area contributed by atoms with Crippen LogP contribution in [0.25, 0.3) is 0 Å². The fourth-order valence-corrected chi connectivity index (χ4v) is 3.24. The van der Waals surface area contributed by atoms with E-state index in [2.05, 4.69) is 21.2 Å². The highest BCUT2D eigenvalue weighted by molar-refractivity contribution is 9.11. The zero-order valence-electron chi connectivity index (χ0n) is 9.73. The minimum atomic E-state index is -0.412. The van der Waals surface area contributed by atoms with Crippen molar-refractivity contribution >= 4 is 44.6 Å². The average Bonchev–Trinajstić information content (AvgIpc) is 2.77. The summed E-state index contributed by atoms with van der Waals surface area (Å²) in [5.41, 5.74) is 0.678. The van der Waals surface area contributed by atoms with Gasteiger partial charge >= 0.3 is 0 Å². The second-order valence-corrected chi connectivity index (χ2v) is 6.82. The van der Waals surface area contributed by atoms with Crippen LogP contribution in [0.4, 0.5) is 5.69 Å². The van der Waals surface area contributed by atoms with Crippen molar-refractivity contribution in [2.45, 2.75) is 13.1 Å². The van der Waals surface area contributed by atoms with Crippen LogP contribution in [-0.2, 0) is 13.1 Å². The van der Waals surface area contributed by atoms with Crippen LogP contribution in [0.3, 0.4) is 0 Å². The van der Waals surface area contributed by atoms with Crippen LogP contribution in [-0.4, -0.2) is 4.92 Å². The first-order chi connectivity index (χ1) is 9.06. The van der Waals surface area contributed by atoms with Crippen LogP contribution in [0.2, 0.25) is 5.02 Å². The zero-order chi connectivity index (χ0) is 13.8. The van der Waals surface area contributed by atoms with E-state index in [4.69, 9.17) is 11.6 Å². The van der Waals surface area contributed by atoms with Gasteiger partial charge in [-0.25, -0.2) is 0 Å². The van der Waals surface area contributed by atoms with Gasteiger partial charge in [0.25, 0.3) is 5.69 Å². The average molecular weight is 362 g/mol. The normalized spacial score (nSPS) is 10.6. The summed E-state index contributed by atoms with van der Waals surface area (Å²) in [5, 5.41) is 14.5. The van der Waals surface area contributed by atoms with Gasteiger partial charge < -0.3 is 5.32 Å². The van der Waals surface area contributed by atoms with Gasteiger partial charge in [-0.15, -0.1) is 11.3 Å². The number of thiophene rings is 1. The Hall–Kier alpha value is -0.950. The van der Waals surface area contributed by atoms with E-state index in [9.17, 15) is 10.1 Å². The number of rotatable bonds is 5. The van der Waals surface area contributed by atoms with Crippen molar-refractivity contribution in [3.63, 3.8) is 0 Å². The minimum absolute atomic E-state index is 0.0485. The molecule has 0 spiro atoms. The summed E-state index contributed by atoms with van der Waals surface area (Å²) in [6.45, 7) is 1.11. The summed E-state index contributed by atoms with van der Waals surface area (Å²) < 4.78 is 1.07. The van der Waals surface area contributed by atoms with Crippen molar-refractivity contribution in [1.82, 2.24) is 5.32 Å². The van der Waals surface area contributed by atoms with Gasteiger partial charge in [0.05, 0.1) is 8.71 Å². The maximum absolute atomic E-state index is 10.9. The third kappa shape index (κ3) is 4.01. The Morgan fingerprint density at radius 1 is 1.32 bits per heavy atom. The molecular weight excluding hydrogens is 352 g/mol. The summed E-state index contributed by atoms with van der Waals surface area (Å²) >= 11 is 10.8. The monoisotopic (exact) mass is 360 g/mol. The maximum Gasteiger partial charge on any atom is 0.275 e. The molecule has 0 radical (unpaired) electrons. The molecule has 0 amide bonds. The molecule has 0 bridgehead atoms. The summed E-state index contributed by atoms with van der Waals surface area (Å²) in [4.78, 5) is 11.7. The third-order valence-corrected chi connectivity index (χ3v) is 4.35. The SMILES string of the molecule is O=[N+]([O-])c1cc(Cl)ccc1CNCc1ccc(Br)s1. The summed E-state index contributed by atoms with van der Waals surface area (Å²) in [6, 6.07) is 8.70. The first-order valence-electron chi connectivity index (χ1n) is 5.44. The molecule has 2 rings (SSSR count). The predicted molar refractivity (Wildman–Crippen MR) is 80.7 cm³/mol. The molecule has 1 heterocycles. The second-order valence-electron chi connectivity index (χ2n) is 3.84. The summed E-state index contributed by atoms with van der Waals surface area (Å²) in [5.74, 6) is 0. The zero-order valence-corrected chi connectivity index (χ0v) is 12.9. The highest BCUT2D eigenvalue weighted by Crippen LogP contribution is 2.24. The van der Waals surface area contributed by atoms with Crippen molar-refractivity contribution < 1.29 is 4.92 Å². The van der Waals surface area contributed by atoms with Gasteiger partial charge in [-0.05, 0) is 40.2 Å². The maximum atomic E-state index is 10.9. The van der Waals surface area contributed by atoms with Crippen LogP contribution < -0.4 is 5.32 Å². The number of nitro benzene ring substituents is 1. The molecule has 0 aliphatic rings. The van der Waals surface area contributed by atoms with Crippen LogP contribution in [0, 0.1) is 10.1 Å². The number of halogens is 2. The minimum Gasteiger partial charge on any atom is -0.308 e. The van der Waals surface area contributed by atoms with E-state index in [1.165, 1.54) is 10.9 Å². The van der Waals surface area contributed by atoms with Crippen molar-refractivity contribution in [2.75, 3.05) is 0 Å². The van der Waals surface area contributed by atoms with Crippen LogP contribution in [0.15, 0.2) is 34.1 Å². The smallest absolute Gasteiger partial charge is 0.275 e. The Morgan fingerprint density at radius 3 is 2.74 bits per heavy atom. The van der Waals surface area contributed by atoms with Gasteiger partial charge in [0.1, 0.15) is 0 Å². The molecule has 1 N–H and O–H groups in total. The quantitative estimate of drug-likeness (QED) is 0.636. The topological polar surface area (TPSA) is 55.2 Å². The van der Waals surface area contributed by atoms with Gasteiger partial charge in [-0.3, -0.25) is 10.1 Å². The van der Waals surface area contributed by atoms with Crippen LogP contribution in [0.5, 0.6) is 0 Å². The molecule has 100 valence electrons. The Morgan fingerprint density at radius 2 is 2.11 bits per heavy atom. The summed E-state index contributed by atoms with van der Waals surface area (Å²) in [7, 11) is 0. The van der Waals surface area contributed by atoms with Crippen molar-refractivity contribution in [3.8, 4) is 0 Å². The Labute approximate surface area is 127 Å². The third-order valence-electron chi connectivity index (χ3n) is 2.49. The lowest BCUT2D eigenvalue weighted by molar-refractivity contribution is -0.385. The highest BCUT2D eigenvalue weighted by atomic mass is 79.9. The molecule has 0 saturated carbocycles. The van der Waals surface area contributed by atoms with Gasteiger partial charge in [-0.1, -0.05) is 11.6 Å². The number of hydrogen-bond acceptors (Lipinski definition) is 4. The molecule has 0 atom stereocenters. The van der Waals surface area contributed by atoms with Gasteiger partial charge in [0.2, 0.25) is 0 Å². The van der Waals surface area contributed by atoms with Crippen LogP contribution in [0.1, 0.15) is 10.4 Å². The molecule has 0 aliphatic heterocycles. The molecule has 0 fully saturated rings. The number of hydrogen-bond donors (Lipinski definition) is 1. The fraction of sp³-hybridized carbons (Fsp3) is 0.167. The molecule has 1 aromatic heterocycles. The van der Waals surface area contributed by atoms with E-state index >= 15 is 0 Å². The fourth-order valence-electron chi connectivity index (χ4n) is 1.62. The predicted octanol–water partition coefficient (Wildman–Crippen LogP) is 4.36. The standard InChI is InChI=1S/C12H10BrClN2O2S/c13-12-4-3-10(19-12)7-15-6-8-1-2-9(14)5-11(8)16(17)18/h1-5,15H,6-7H2. The Balaban J connectivity index is 2.01. The van der Waals surface area contributed by atoms with E-state index in [0.29, 0.717) is 23.7 Å². The first-order valence-corrected chi connectivity index (χ1v) is 7.43. The number of nitro groups is 1. The lowest BCUT2D eigenvalue weighted by Gasteiger charge is -2.05. The number of nitrogens with one attached hydrogen (secondary N) is 1. The van der Waals surface area contributed by atoms with Crippen molar-refractivity contribution in [2.24, 2.45) is 0 Å². The van der Waals surface area contributed by atoms with Gasteiger partial charge in [0, 0.05) is 34.6 Å². The molecule has 2 aromatic rings. The van der Waals surface area contributed by atoms with E-state index in [1.54, 1.807) is 23.5 Å². The molecule has 19 heavy (non-hydrogen) atoms. The van der Waals surface area contributed by atoms with E-state index in [1.807, 2.05) is 12.1 Å². The lowest BCUT2D eigenvalue weighted by Crippen LogP contribution is -2.13. The number of nitrogens with zero attached hydrogens (tertiary/aromatic N) is 1. The molecule has 0 saturated heterocycles.